The van der Waals surface area contributed by atoms with Gasteiger partial charge in [0.1, 0.15) is 10.7 Å². The average Bonchev–Trinajstić information content (AvgIpc) is 2.86. The van der Waals surface area contributed by atoms with Gasteiger partial charge in [-0.2, -0.15) is 5.10 Å². The number of imidazole rings is 1. The van der Waals surface area contributed by atoms with Gasteiger partial charge in [0.25, 0.3) is 5.91 Å². The fraction of sp³-hybridized carbons (Fsp3) is 0.0833. The van der Waals surface area contributed by atoms with Gasteiger partial charge in [0, 0.05) is 10.2 Å². The zero-order chi connectivity index (χ0) is 13.4. The molecule has 1 amide bonds. The number of nitrogens with one attached hydrogen (secondary N) is 1. The molecule has 3 rings (SSSR count). The van der Waals surface area contributed by atoms with E-state index < -0.39 is 0 Å². The molecule has 0 fully saturated rings. The second kappa shape index (κ2) is 4.75. The van der Waals surface area contributed by atoms with Crippen LogP contribution in [0, 0.1) is 6.92 Å². The Morgan fingerprint density at radius 3 is 3.05 bits per heavy atom. The van der Waals surface area contributed by atoms with Gasteiger partial charge in [-0.1, -0.05) is 33.3 Å². The number of hydrogen-bond acceptors (Lipinski definition) is 4. The Bertz CT molecular complexity index is 733. The smallest absolute Gasteiger partial charge is 0.275 e. The number of benzene rings is 1. The Hall–Kier alpha value is -1.73. The first-order valence-electron chi connectivity index (χ1n) is 5.51. The third-order valence-corrected chi connectivity index (χ3v) is 3.79. The summed E-state index contributed by atoms with van der Waals surface area (Å²) in [6.07, 6.45) is 1.63. The molecule has 2 heterocycles. The molecule has 0 aliphatic heterocycles. The van der Waals surface area contributed by atoms with Crippen LogP contribution in [0.15, 0.2) is 34.9 Å². The third-order valence-electron chi connectivity index (χ3n) is 2.46. The first-order chi connectivity index (χ1) is 9.11. The molecule has 1 N–H and O–H groups in total. The molecule has 19 heavy (non-hydrogen) atoms. The maximum atomic E-state index is 12.1. The Labute approximate surface area is 121 Å². The van der Waals surface area contributed by atoms with Gasteiger partial charge in [-0.25, -0.2) is 9.50 Å². The van der Waals surface area contributed by atoms with Crippen molar-refractivity contribution < 1.29 is 4.79 Å². The van der Waals surface area contributed by atoms with E-state index in [9.17, 15) is 4.79 Å². The van der Waals surface area contributed by atoms with Crippen molar-refractivity contribution in [1.82, 2.24) is 14.6 Å². The fourth-order valence-corrected chi connectivity index (χ4v) is 2.79. The van der Waals surface area contributed by atoms with Crippen LogP contribution in [0.3, 0.4) is 0 Å². The minimum absolute atomic E-state index is 0.242. The van der Waals surface area contributed by atoms with Crippen molar-refractivity contribution in [1.29, 1.82) is 0 Å². The molecule has 0 saturated heterocycles. The molecular formula is C12H9BrN4OS. The van der Waals surface area contributed by atoms with Crippen molar-refractivity contribution in [3.8, 4) is 0 Å². The number of carbonyl (C=O) groups excluding carboxylic acids is 1. The van der Waals surface area contributed by atoms with Gasteiger partial charge in [-0.05, 0) is 25.1 Å². The summed E-state index contributed by atoms with van der Waals surface area (Å²) in [5, 5.41) is 7.94. The maximum absolute atomic E-state index is 12.1. The molecule has 0 atom stereocenters. The number of carbonyl (C=O) groups is 1. The first kappa shape index (κ1) is 12.3. The third kappa shape index (κ3) is 2.52. The standard InChI is InChI=1S/C12H9BrN4OS/c1-7-16-17-6-10(15-12(17)19-7)11(18)14-9-4-2-3-8(13)5-9/h2-6H,1H3,(H,14,18). The number of aryl methyl sites for hydroxylation is 1. The molecule has 0 radical (unpaired) electrons. The van der Waals surface area contributed by atoms with Crippen molar-refractivity contribution in [2.45, 2.75) is 6.92 Å². The van der Waals surface area contributed by atoms with E-state index in [4.69, 9.17) is 0 Å². The van der Waals surface area contributed by atoms with E-state index in [-0.39, 0.29) is 5.91 Å². The van der Waals surface area contributed by atoms with E-state index in [0.717, 1.165) is 20.1 Å². The summed E-state index contributed by atoms with van der Waals surface area (Å²) in [5.74, 6) is -0.242. The van der Waals surface area contributed by atoms with Crippen LogP contribution < -0.4 is 5.32 Å². The summed E-state index contributed by atoms with van der Waals surface area (Å²) >= 11 is 4.81. The highest BCUT2D eigenvalue weighted by Crippen LogP contribution is 2.17. The van der Waals surface area contributed by atoms with Crippen LogP contribution in [0.5, 0.6) is 0 Å². The first-order valence-corrected chi connectivity index (χ1v) is 7.12. The largest absolute Gasteiger partial charge is 0.321 e. The van der Waals surface area contributed by atoms with E-state index in [0.29, 0.717) is 5.69 Å². The highest BCUT2D eigenvalue weighted by molar-refractivity contribution is 9.10. The van der Waals surface area contributed by atoms with Crippen molar-refractivity contribution in [2.24, 2.45) is 0 Å². The summed E-state index contributed by atoms with van der Waals surface area (Å²) in [4.78, 5) is 17.0. The molecule has 7 heteroatoms. The molecular weight excluding hydrogens is 328 g/mol. The lowest BCUT2D eigenvalue weighted by Crippen LogP contribution is -2.12. The number of halogens is 1. The lowest BCUT2D eigenvalue weighted by Gasteiger charge is -2.02. The Morgan fingerprint density at radius 1 is 1.47 bits per heavy atom. The highest BCUT2D eigenvalue weighted by Gasteiger charge is 2.13. The van der Waals surface area contributed by atoms with Crippen LogP contribution in [0.25, 0.3) is 4.96 Å². The van der Waals surface area contributed by atoms with Crippen molar-refractivity contribution >= 4 is 43.8 Å². The summed E-state index contributed by atoms with van der Waals surface area (Å²) in [7, 11) is 0. The Morgan fingerprint density at radius 2 is 2.32 bits per heavy atom. The number of aromatic nitrogens is 3. The summed E-state index contributed by atoms with van der Waals surface area (Å²) < 4.78 is 2.53. The highest BCUT2D eigenvalue weighted by atomic mass is 79.9. The minimum Gasteiger partial charge on any atom is -0.321 e. The zero-order valence-corrected chi connectivity index (χ0v) is 12.3. The molecule has 0 spiro atoms. The molecule has 0 bridgehead atoms. The monoisotopic (exact) mass is 336 g/mol. The number of nitrogens with zero attached hydrogens (tertiary/aromatic N) is 3. The SMILES string of the molecule is Cc1nn2cc(C(=O)Nc3cccc(Br)c3)nc2s1. The van der Waals surface area contributed by atoms with Crippen LogP contribution >= 0.6 is 27.3 Å². The molecule has 0 aliphatic rings. The van der Waals surface area contributed by atoms with Crippen molar-refractivity contribution in [2.75, 3.05) is 5.32 Å². The lowest BCUT2D eigenvalue weighted by atomic mass is 10.3. The number of amides is 1. The van der Waals surface area contributed by atoms with E-state index in [1.54, 1.807) is 10.7 Å². The quantitative estimate of drug-likeness (QED) is 0.782. The topological polar surface area (TPSA) is 59.3 Å². The van der Waals surface area contributed by atoms with E-state index >= 15 is 0 Å². The number of fused-ring (bicyclic) bond motifs is 1. The van der Waals surface area contributed by atoms with Gasteiger partial charge >= 0.3 is 0 Å². The van der Waals surface area contributed by atoms with E-state index in [2.05, 4.69) is 31.3 Å². The number of anilines is 1. The molecule has 5 nitrogen and oxygen atoms in total. The van der Waals surface area contributed by atoms with Gasteiger partial charge < -0.3 is 5.32 Å². The minimum atomic E-state index is -0.242. The van der Waals surface area contributed by atoms with Gasteiger partial charge in [0.05, 0.1) is 6.20 Å². The predicted molar refractivity (Wildman–Crippen MR) is 77.7 cm³/mol. The maximum Gasteiger partial charge on any atom is 0.275 e. The van der Waals surface area contributed by atoms with Crippen LogP contribution in [0.2, 0.25) is 0 Å². The van der Waals surface area contributed by atoms with Crippen molar-refractivity contribution in [3.63, 3.8) is 0 Å². The second-order valence-corrected chi connectivity index (χ2v) is 6.01. The number of hydrogen-bond donors (Lipinski definition) is 1. The van der Waals surface area contributed by atoms with Gasteiger partial charge in [-0.15, -0.1) is 0 Å². The summed E-state index contributed by atoms with van der Waals surface area (Å²) in [5.41, 5.74) is 1.08. The van der Waals surface area contributed by atoms with Gasteiger partial charge in [-0.3, -0.25) is 4.79 Å². The Kier molecular flexibility index (Phi) is 3.08. The van der Waals surface area contributed by atoms with Crippen LogP contribution in [0.1, 0.15) is 15.5 Å². The average molecular weight is 337 g/mol. The molecule has 3 aromatic rings. The van der Waals surface area contributed by atoms with Crippen LogP contribution in [-0.2, 0) is 0 Å². The van der Waals surface area contributed by atoms with Crippen molar-refractivity contribution in [3.05, 3.63) is 45.6 Å². The molecule has 96 valence electrons. The predicted octanol–water partition coefficient (Wildman–Crippen LogP) is 3.11. The van der Waals surface area contributed by atoms with E-state index in [1.807, 2.05) is 31.2 Å². The van der Waals surface area contributed by atoms with E-state index in [1.165, 1.54) is 11.3 Å². The molecule has 0 aliphatic carbocycles. The lowest BCUT2D eigenvalue weighted by molar-refractivity contribution is 0.102. The molecule has 0 saturated carbocycles. The van der Waals surface area contributed by atoms with Gasteiger partial charge in [0.2, 0.25) is 4.96 Å². The van der Waals surface area contributed by atoms with Gasteiger partial charge in [0.15, 0.2) is 0 Å². The number of rotatable bonds is 2. The summed E-state index contributed by atoms with van der Waals surface area (Å²) in [6, 6.07) is 7.41. The molecule has 0 unspecified atom stereocenters. The van der Waals surface area contributed by atoms with Crippen LogP contribution in [0.4, 0.5) is 5.69 Å². The molecule has 1 aromatic carbocycles. The Balaban J connectivity index is 1.85. The fourth-order valence-electron chi connectivity index (χ4n) is 1.67. The molecule has 2 aromatic heterocycles. The summed E-state index contributed by atoms with van der Waals surface area (Å²) in [6.45, 7) is 1.90. The zero-order valence-electron chi connectivity index (χ0n) is 9.92. The normalized spacial score (nSPS) is 10.8. The van der Waals surface area contributed by atoms with Crippen LogP contribution in [-0.4, -0.2) is 20.5 Å². The second-order valence-electron chi connectivity index (χ2n) is 3.94.